The van der Waals surface area contributed by atoms with Crippen molar-refractivity contribution in [2.45, 2.75) is 52.1 Å². The molecule has 0 bridgehead atoms. The Morgan fingerprint density at radius 3 is 2.65 bits per heavy atom. The Hall–Kier alpha value is -1.36. The van der Waals surface area contributed by atoms with Gasteiger partial charge in [-0.2, -0.15) is 0 Å². The van der Waals surface area contributed by atoms with Crippen LogP contribution < -0.4 is 10.2 Å². The van der Waals surface area contributed by atoms with Crippen LogP contribution in [-0.2, 0) is 0 Å². The maximum absolute atomic E-state index is 9.58. The van der Waals surface area contributed by atoms with Crippen molar-refractivity contribution < 1.29 is 5.11 Å². The second kappa shape index (κ2) is 6.39. The van der Waals surface area contributed by atoms with Gasteiger partial charge in [0.2, 0.25) is 0 Å². The van der Waals surface area contributed by atoms with Gasteiger partial charge in [-0.15, -0.1) is 0 Å². The predicted molar refractivity (Wildman–Crippen MR) is 82.5 cm³/mol. The van der Waals surface area contributed by atoms with Crippen LogP contribution in [0.3, 0.4) is 0 Å². The lowest BCUT2D eigenvalue weighted by Crippen LogP contribution is -2.29. The lowest BCUT2D eigenvalue weighted by atomic mass is 10.2. The van der Waals surface area contributed by atoms with Gasteiger partial charge in [0.15, 0.2) is 0 Å². The first-order valence-corrected chi connectivity index (χ1v) is 7.54. The van der Waals surface area contributed by atoms with Crippen LogP contribution in [0.2, 0.25) is 0 Å². The number of nitrogens with zero attached hydrogens (tertiary/aromatic N) is 3. The molecule has 0 amide bonds. The molecule has 1 aromatic heterocycles. The highest BCUT2D eigenvalue weighted by atomic mass is 16.3. The molecule has 1 aromatic rings. The zero-order valence-corrected chi connectivity index (χ0v) is 13.0. The van der Waals surface area contributed by atoms with Crippen molar-refractivity contribution in [1.82, 2.24) is 9.97 Å². The summed E-state index contributed by atoms with van der Waals surface area (Å²) in [5.74, 6) is 3.34. The van der Waals surface area contributed by atoms with Gasteiger partial charge in [0.25, 0.3) is 0 Å². The fourth-order valence-corrected chi connectivity index (χ4v) is 2.32. The van der Waals surface area contributed by atoms with E-state index in [9.17, 15) is 5.11 Å². The van der Waals surface area contributed by atoms with Crippen molar-refractivity contribution in [1.29, 1.82) is 0 Å². The Morgan fingerprint density at radius 1 is 1.40 bits per heavy atom. The van der Waals surface area contributed by atoms with E-state index in [1.54, 1.807) is 6.92 Å². The molecule has 0 saturated heterocycles. The van der Waals surface area contributed by atoms with Crippen molar-refractivity contribution in [2.24, 2.45) is 0 Å². The zero-order chi connectivity index (χ0) is 14.7. The first-order chi connectivity index (χ1) is 9.52. The third kappa shape index (κ3) is 3.60. The summed E-state index contributed by atoms with van der Waals surface area (Å²) in [6.45, 7) is 7.48. The summed E-state index contributed by atoms with van der Waals surface area (Å²) in [5.41, 5.74) is 1.06. The van der Waals surface area contributed by atoms with Crippen LogP contribution in [-0.4, -0.2) is 41.3 Å². The number of hydrogen-bond acceptors (Lipinski definition) is 5. The number of aliphatic hydroxyl groups excluding tert-OH is 1. The van der Waals surface area contributed by atoms with E-state index in [1.165, 1.54) is 12.8 Å². The molecular formula is C15H26N4O. The van der Waals surface area contributed by atoms with Crippen LogP contribution in [0.5, 0.6) is 0 Å². The Balaban J connectivity index is 2.30. The highest BCUT2D eigenvalue weighted by molar-refractivity contribution is 5.58. The maximum Gasteiger partial charge on any atom is 0.137 e. The second-order valence-corrected chi connectivity index (χ2v) is 5.81. The summed E-state index contributed by atoms with van der Waals surface area (Å²) in [6.07, 6.45) is 3.08. The molecule has 1 unspecified atom stereocenters. The summed E-state index contributed by atoms with van der Waals surface area (Å²) in [4.78, 5) is 11.4. The standard InChI is InChI=1S/C15H26N4O/c1-5-8-16-13-11(3)15(19(4)9-10(2)20)18-14(17-13)12-6-7-12/h10,12,20H,5-9H2,1-4H3,(H,16,17,18). The van der Waals surface area contributed by atoms with Gasteiger partial charge in [-0.05, 0) is 33.1 Å². The van der Waals surface area contributed by atoms with E-state index in [2.05, 4.69) is 17.2 Å². The Morgan fingerprint density at radius 2 is 2.10 bits per heavy atom. The van der Waals surface area contributed by atoms with E-state index in [4.69, 9.17) is 4.98 Å². The molecule has 112 valence electrons. The van der Waals surface area contributed by atoms with Crippen molar-refractivity contribution >= 4 is 11.6 Å². The highest BCUT2D eigenvalue weighted by Crippen LogP contribution is 2.40. The van der Waals surface area contributed by atoms with Crippen molar-refractivity contribution in [3.05, 3.63) is 11.4 Å². The van der Waals surface area contributed by atoms with E-state index in [-0.39, 0.29) is 6.10 Å². The van der Waals surface area contributed by atoms with Crippen molar-refractivity contribution in [3.63, 3.8) is 0 Å². The summed E-state index contributed by atoms with van der Waals surface area (Å²) >= 11 is 0. The van der Waals surface area contributed by atoms with E-state index in [0.717, 1.165) is 36.0 Å². The van der Waals surface area contributed by atoms with Crippen molar-refractivity contribution in [3.8, 4) is 0 Å². The lowest BCUT2D eigenvalue weighted by molar-refractivity contribution is 0.201. The van der Waals surface area contributed by atoms with Crippen LogP contribution in [0, 0.1) is 6.92 Å². The molecule has 0 aliphatic heterocycles. The first kappa shape index (κ1) is 15.0. The minimum Gasteiger partial charge on any atom is -0.392 e. The summed E-state index contributed by atoms with van der Waals surface area (Å²) in [6, 6.07) is 0. The molecule has 1 heterocycles. The Kier molecular flexibility index (Phi) is 4.81. The van der Waals surface area contributed by atoms with Crippen LogP contribution >= 0.6 is 0 Å². The average molecular weight is 278 g/mol. The number of nitrogens with one attached hydrogen (secondary N) is 1. The fourth-order valence-electron chi connectivity index (χ4n) is 2.32. The number of likely N-dealkylation sites (N-methyl/N-ethyl adjacent to an activating group) is 1. The van der Waals surface area contributed by atoms with E-state index in [0.29, 0.717) is 12.5 Å². The molecular weight excluding hydrogens is 252 g/mol. The molecule has 20 heavy (non-hydrogen) atoms. The molecule has 0 aromatic carbocycles. The van der Waals surface area contributed by atoms with Gasteiger partial charge in [-0.3, -0.25) is 0 Å². The molecule has 5 nitrogen and oxygen atoms in total. The minimum atomic E-state index is -0.370. The van der Waals surface area contributed by atoms with Crippen LogP contribution in [0.15, 0.2) is 0 Å². The molecule has 0 radical (unpaired) electrons. The Bertz CT molecular complexity index is 457. The quantitative estimate of drug-likeness (QED) is 0.801. The first-order valence-electron chi connectivity index (χ1n) is 7.54. The molecule has 1 aliphatic carbocycles. The van der Waals surface area contributed by atoms with Crippen molar-refractivity contribution in [2.75, 3.05) is 30.4 Å². The minimum absolute atomic E-state index is 0.370. The molecule has 1 atom stereocenters. The van der Waals surface area contributed by atoms with Crippen LogP contribution in [0.25, 0.3) is 0 Å². The number of hydrogen-bond donors (Lipinski definition) is 2. The zero-order valence-electron chi connectivity index (χ0n) is 13.0. The summed E-state index contributed by atoms with van der Waals surface area (Å²) in [5, 5.41) is 13.0. The monoisotopic (exact) mass is 278 g/mol. The molecule has 5 heteroatoms. The lowest BCUT2D eigenvalue weighted by Gasteiger charge is -2.23. The van der Waals surface area contributed by atoms with Gasteiger partial charge in [0, 0.05) is 31.6 Å². The summed E-state index contributed by atoms with van der Waals surface area (Å²) in [7, 11) is 1.97. The van der Waals surface area contributed by atoms with Gasteiger partial charge < -0.3 is 15.3 Å². The second-order valence-electron chi connectivity index (χ2n) is 5.81. The van der Waals surface area contributed by atoms with E-state index in [1.807, 2.05) is 18.9 Å². The number of aliphatic hydroxyl groups is 1. The molecule has 2 N–H and O–H groups in total. The molecule has 0 spiro atoms. The third-order valence-electron chi connectivity index (χ3n) is 3.52. The van der Waals surface area contributed by atoms with Gasteiger partial charge in [0.1, 0.15) is 17.5 Å². The maximum atomic E-state index is 9.58. The average Bonchev–Trinajstić information content (AvgIpc) is 3.21. The highest BCUT2D eigenvalue weighted by Gasteiger charge is 2.28. The van der Waals surface area contributed by atoms with E-state index < -0.39 is 0 Å². The van der Waals surface area contributed by atoms with Gasteiger partial charge in [-0.25, -0.2) is 9.97 Å². The molecule has 1 saturated carbocycles. The van der Waals surface area contributed by atoms with Gasteiger partial charge in [-0.1, -0.05) is 6.92 Å². The summed E-state index contributed by atoms with van der Waals surface area (Å²) < 4.78 is 0. The van der Waals surface area contributed by atoms with E-state index >= 15 is 0 Å². The number of aromatic nitrogens is 2. The molecule has 2 rings (SSSR count). The van der Waals surface area contributed by atoms with Crippen LogP contribution in [0.1, 0.15) is 50.4 Å². The largest absolute Gasteiger partial charge is 0.392 e. The van der Waals surface area contributed by atoms with Gasteiger partial charge in [0.05, 0.1) is 6.10 Å². The topological polar surface area (TPSA) is 61.3 Å². The van der Waals surface area contributed by atoms with Crippen LogP contribution in [0.4, 0.5) is 11.6 Å². The SMILES string of the molecule is CCCNc1nc(C2CC2)nc(N(C)CC(C)O)c1C. The normalized spacial score (nSPS) is 16.1. The third-order valence-corrected chi connectivity index (χ3v) is 3.52. The number of rotatable bonds is 7. The van der Waals surface area contributed by atoms with Gasteiger partial charge >= 0.3 is 0 Å². The molecule has 1 aliphatic rings. The Labute approximate surface area is 121 Å². The predicted octanol–water partition coefficient (Wildman–Crippen LogP) is 2.30. The number of anilines is 2. The smallest absolute Gasteiger partial charge is 0.137 e. The molecule has 1 fully saturated rings. The fraction of sp³-hybridized carbons (Fsp3) is 0.733.